The third-order valence-electron chi connectivity index (χ3n) is 4.53. The fourth-order valence-corrected chi connectivity index (χ4v) is 3.19. The summed E-state index contributed by atoms with van der Waals surface area (Å²) in [6, 6.07) is 18.7. The van der Waals surface area contributed by atoms with Crippen molar-refractivity contribution in [3.63, 3.8) is 0 Å². The van der Waals surface area contributed by atoms with Crippen LogP contribution in [0.15, 0.2) is 60.7 Å². The molecular weight excluding hydrogens is 376 g/mol. The molecule has 0 unspecified atom stereocenters. The number of nitrogens with zero attached hydrogens (tertiary/aromatic N) is 1. The quantitative estimate of drug-likeness (QED) is 0.604. The van der Waals surface area contributed by atoms with Gasteiger partial charge in [0.15, 0.2) is 0 Å². The fourth-order valence-electron chi connectivity index (χ4n) is 3.07. The molecule has 6 heteroatoms. The number of carboxylic acids is 1. The Morgan fingerprint density at radius 3 is 2.43 bits per heavy atom. The molecule has 5 nitrogen and oxygen atoms in total. The Balaban J connectivity index is 1.88. The number of nitrogens with one attached hydrogen (secondary N) is 1. The summed E-state index contributed by atoms with van der Waals surface area (Å²) < 4.78 is 1.86. The van der Waals surface area contributed by atoms with Gasteiger partial charge in [-0.2, -0.15) is 0 Å². The van der Waals surface area contributed by atoms with Gasteiger partial charge in [-0.15, -0.1) is 0 Å². The number of halogens is 1. The Morgan fingerprint density at radius 2 is 1.75 bits per heavy atom. The van der Waals surface area contributed by atoms with Crippen LogP contribution in [0.5, 0.6) is 0 Å². The molecule has 28 heavy (non-hydrogen) atoms. The van der Waals surface area contributed by atoms with E-state index in [1.165, 1.54) is 0 Å². The number of aliphatic carboxylic acids is 1. The summed E-state index contributed by atoms with van der Waals surface area (Å²) in [7, 11) is 0. The van der Waals surface area contributed by atoms with Crippen molar-refractivity contribution in [2.75, 3.05) is 5.32 Å². The molecule has 1 amide bonds. The molecule has 0 aliphatic rings. The third kappa shape index (κ3) is 4.81. The molecule has 2 aromatic carbocycles. The standard InChI is InChI=1S/C22H21ClN2O3/c1-15-4-2-3-5-19(15)24-21(26)14-25-18(11-13-22(27)28)10-12-20(25)16-6-8-17(23)9-7-16/h2-10,12H,11,13-14H2,1H3,(H,24,26)(H,27,28). The van der Waals surface area contributed by atoms with Gasteiger partial charge in [0.25, 0.3) is 0 Å². The van der Waals surface area contributed by atoms with Gasteiger partial charge in [-0.05, 0) is 54.8 Å². The van der Waals surface area contributed by atoms with E-state index in [-0.39, 0.29) is 18.9 Å². The van der Waals surface area contributed by atoms with Crippen molar-refractivity contribution in [1.82, 2.24) is 4.57 Å². The van der Waals surface area contributed by atoms with Crippen molar-refractivity contribution >= 4 is 29.2 Å². The van der Waals surface area contributed by atoms with Crippen LogP contribution in [0.3, 0.4) is 0 Å². The van der Waals surface area contributed by atoms with Gasteiger partial charge in [-0.1, -0.05) is 41.9 Å². The molecule has 3 rings (SSSR count). The maximum absolute atomic E-state index is 12.7. The lowest BCUT2D eigenvalue weighted by Crippen LogP contribution is -2.21. The van der Waals surface area contributed by atoms with Crippen LogP contribution in [0.1, 0.15) is 17.7 Å². The number of amides is 1. The van der Waals surface area contributed by atoms with Gasteiger partial charge in [0, 0.05) is 22.1 Å². The molecule has 0 aliphatic carbocycles. The van der Waals surface area contributed by atoms with Gasteiger partial charge < -0.3 is 15.0 Å². The number of carbonyl (C=O) groups is 2. The molecule has 0 bridgehead atoms. The van der Waals surface area contributed by atoms with E-state index < -0.39 is 5.97 Å². The van der Waals surface area contributed by atoms with Crippen LogP contribution in [0.2, 0.25) is 5.02 Å². The third-order valence-corrected chi connectivity index (χ3v) is 4.78. The van der Waals surface area contributed by atoms with E-state index in [1.807, 2.05) is 60.0 Å². The normalized spacial score (nSPS) is 10.6. The number of rotatable bonds is 7. The number of carboxylic acid groups (broad SMARTS) is 1. The molecule has 1 heterocycles. The summed E-state index contributed by atoms with van der Waals surface area (Å²) in [5.74, 6) is -1.04. The number of para-hydroxylation sites is 1. The highest BCUT2D eigenvalue weighted by atomic mass is 35.5. The minimum Gasteiger partial charge on any atom is -0.481 e. The Hall–Kier alpha value is -3.05. The van der Waals surface area contributed by atoms with E-state index >= 15 is 0 Å². The van der Waals surface area contributed by atoms with Gasteiger partial charge in [-0.3, -0.25) is 9.59 Å². The molecule has 0 saturated carbocycles. The van der Waals surface area contributed by atoms with Crippen molar-refractivity contribution in [3.8, 4) is 11.3 Å². The number of hydrogen-bond donors (Lipinski definition) is 2. The average Bonchev–Trinajstić information content (AvgIpc) is 3.05. The molecule has 0 aliphatic heterocycles. The van der Waals surface area contributed by atoms with Gasteiger partial charge >= 0.3 is 5.97 Å². The number of aryl methyl sites for hydroxylation is 2. The van der Waals surface area contributed by atoms with Gasteiger partial charge in [-0.25, -0.2) is 0 Å². The monoisotopic (exact) mass is 396 g/mol. The zero-order valence-electron chi connectivity index (χ0n) is 15.5. The number of anilines is 1. The first-order valence-corrected chi connectivity index (χ1v) is 9.33. The first-order chi connectivity index (χ1) is 13.4. The molecule has 0 fully saturated rings. The van der Waals surface area contributed by atoms with Crippen LogP contribution in [0.4, 0.5) is 5.69 Å². The minimum atomic E-state index is -0.870. The number of carbonyl (C=O) groups excluding carboxylic acids is 1. The largest absolute Gasteiger partial charge is 0.481 e. The van der Waals surface area contributed by atoms with E-state index in [4.69, 9.17) is 16.7 Å². The van der Waals surface area contributed by atoms with Crippen LogP contribution >= 0.6 is 11.6 Å². The average molecular weight is 397 g/mol. The van der Waals surface area contributed by atoms with Gasteiger partial charge in [0.2, 0.25) is 5.91 Å². The van der Waals surface area contributed by atoms with Gasteiger partial charge in [0.1, 0.15) is 6.54 Å². The highest BCUT2D eigenvalue weighted by molar-refractivity contribution is 6.30. The zero-order chi connectivity index (χ0) is 20.1. The Kier molecular flexibility index (Phi) is 6.16. The first kappa shape index (κ1) is 19.7. The van der Waals surface area contributed by atoms with Crippen LogP contribution in [-0.2, 0) is 22.6 Å². The second kappa shape index (κ2) is 8.76. The lowest BCUT2D eigenvalue weighted by atomic mass is 10.1. The summed E-state index contributed by atoms with van der Waals surface area (Å²) in [4.78, 5) is 23.7. The lowest BCUT2D eigenvalue weighted by molar-refractivity contribution is -0.137. The predicted octanol–water partition coefficient (Wildman–Crippen LogP) is 4.77. The number of aromatic nitrogens is 1. The molecular formula is C22H21ClN2O3. The Morgan fingerprint density at radius 1 is 1.04 bits per heavy atom. The van der Waals surface area contributed by atoms with E-state index in [2.05, 4.69) is 5.32 Å². The second-order valence-electron chi connectivity index (χ2n) is 6.56. The summed E-state index contributed by atoms with van der Waals surface area (Å²) in [6.45, 7) is 2.02. The number of hydrogen-bond acceptors (Lipinski definition) is 2. The van der Waals surface area contributed by atoms with Crippen LogP contribution in [-0.4, -0.2) is 21.6 Å². The Bertz CT molecular complexity index is 993. The van der Waals surface area contributed by atoms with Crippen LogP contribution in [0, 0.1) is 6.92 Å². The number of benzene rings is 2. The fraction of sp³-hybridized carbons (Fsp3) is 0.182. The van der Waals surface area contributed by atoms with E-state index in [0.29, 0.717) is 11.4 Å². The molecule has 1 aromatic heterocycles. The Labute approximate surface area is 168 Å². The van der Waals surface area contributed by atoms with Crippen molar-refractivity contribution in [3.05, 3.63) is 76.9 Å². The van der Waals surface area contributed by atoms with E-state index in [1.54, 1.807) is 12.1 Å². The van der Waals surface area contributed by atoms with Crippen LogP contribution < -0.4 is 5.32 Å². The summed E-state index contributed by atoms with van der Waals surface area (Å²) in [5.41, 5.74) is 4.30. The molecule has 144 valence electrons. The molecule has 0 spiro atoms. The molecule has 2 N–H and O–H groups in total. The molecule has 0 atom stereocenters. The van der Waals surface area contributed by atoms with Crippen molar-refractivity contribution in [2.24, 2.45) is 0 Å². The highest BCUT2D eigenvalue weighted by Gasteiger charge is 2.15. The second-order valence-corrected chi connectivity index (χ2v) is 7.00. The molecule has 0 saturated heterocycles. The first-order valence-electron chi connectivity index (χ1n) is 8.95. The van der Waals surface area contributed by atoms with Crippen molar-refractivity contribution < 1.29 is 14.7 Å². The lowest BCUT2D eigenvalue weighted by Gasteiger charge is -2.15. The highest BCUT2D eigenvalue weighted by Crippen LogP contribution is 2.25. The predicted molar refractivity (Wildman–Crippen MR) is 111 cm³/mol. The summed E-state index contributed by atoms with van der Waals surface area (Å²) >= 11 is 5.98. The smallest absolute Gasteiger partial charge is 0.303 e. The summed E-state index contributed by atoms with van der Waals surface area (Å²) in [5, 5.41) is 12.6. The zero-order valence-corrected chi connectivity index (χ0v) is 16.2. The topological polar surface area (TPSA) is 71.3 Å². The maximum atomic E-state index is 12.7. The van der Waals surface area contributed by atoms with Crippen LogP contribution in [0.25, 0.3) is 11.3 Å². The SMILES string of the molecule is Cc1ccccc1NC(=O)Cn1c(CCC(=O)O)ccc1-c1ccc(Cl)cc1. The maximum Gasteiger partial charge on any atom is 0.303 e. The van der Waals surface area contributed by atoms with E-state index in [9.17, 15) is 9.59 Å². The van der Waals surface area contributed by atoms with Crippen molar-refractivity contribution in [2.45, 2.75) is 26.3 Å². The van der Waals surface area contributed by atoms with E-state index in [0.717, 1.165) is 28.2 Å². The summed E-state index contributed by atoms with van der Waals surface area (Å²) in [6.07, 6.45) is 0.351. The molecule has 3 aromatic rings. The molecule has 0 radical (unpaired) electrons. The van der Waals surface area contributed by atoms with Gasteiger partial charge in [0.05, 0.1) is 6.42 Å². The van der Waals surface area contributed by atoms with Crippen molar-refractivity contribution in [1.29, 1.82) is 0 Å². The minimum absolute atomic E-state index is 0.00346.